The fraction of sp³-hybridized carbons (Fsp3) is 0.600. The lowest BCUT2D eigenvalue weighted by atomic mass is 9.87. The SMILES string of the molecule is CC1CCC(NC(C)c2cc(O)cc(O)c2)CC1. The van der Waals surface area contributed by atoms with Crippen LogP contribution in [0.3, 0.4) is 0 Å². The van der Waals surface area contributed by atoms with Crippen molar-refractivity contribution in [3.63, 3.8) is 0 Å². The van der Waals surface area contributed by atoms with Crippen LogP contribution in [0.5, 0.6) is 11.5 Å². The van der Waals surface area contributed by atoms with E-state index in [1.807, 2.05) is 0 Å². The third-order valence-electron chi connectivity index (χ3n) is 3.93. The smallest absolute Gasteiger partial charge is 0.119 e. The molecule has 1 aliphatic carbocycles. The Morgan fingerprint density at radius 1 is 1.06 bits per heavy atom. The van der Waals surface area contributed by atoms with E-state index in [2.05, 4.69) is 19.2 Å². The summed E-state index contributed by atoms with van der Waals surface area (Å²) in [7, 11) is 0. The highest BCUT2D eigenvalue weighted by Gasteiger charge is 2.20. The molecule has 1 unspecified atom stereocenters. The molecule has 0 aromatic heterocycles. The van der Waals surface area contributed by atoms with Crippen molar-refractivity contribution in [2.24, 2.45) is 5.92 Å². The van der Waals surface area contributed by atoms with Gasteiger partial charge in [0.2, 0.25) is 0 Å². The number of aromatic hydroxyl groups is 2. The molecular weight excluding hydrogens is 226 g/mol. The lowest BCUT2D eigenvalue weighted by Crippen LogP contribution is -2.34. The summed E-state index contributed by atoms with van der Waals surface area (Å²) in [5.74, 6) is 1.09. The van der Waals surface area contributed by atoms with Gasteiger partial charge in [-0.1, -0.05) is 6.92 Å². The molecule has 2 rings (SSSR count). The predicted molar refractivity (Wildman–Crippen MR) is 72.7 cm³/mol. The molecule has 100 valence electrons. The van der Waals surface area contributed by atoms with Gasteiger partial charge in [-0.15, -0.1) is 0 Å². The van der Waals surface area contributed by atoms with Gasteiger partial charge in [-0.05, 0) is 56.2 Å². The maximum absolute atomic E-state index is 9.50. The zero-order valence-electron chi connectivity index (χ0n) is 11.2. The zero-order chi connectivity index (χ0) is 13.1. The van der Waals surface area contributed by atoms with Crippen LogP contribution >= 0.6 is 0 Å². The predicted octanol–water partition coefficient (Wildman–Crippen LogP) is 3.33. The molecule has 0 bridgehead atoms. The van der Waals surface area contributed by atoms with Crippen LogP contribution in [0, 0.1) is 5.92 Å². The Kier molecular flexibility index (Phi) is 4.12. The summed E-state index contributed by atoms with van der Waals surface area (Å²) in [5.41, 5.74) is 0.936. The molecule has 0 heterocycles. The Morgan fingerprint density at radius 3 is 2.17 bits per heavy atom. The van der Waals surface area contributed by atoms with Gasteiger partial charge in [0.15, 0.2) is 0 Å². The third kappa shape index (κ3) is 3.39. The van der Waals surface area contributed by atoms with Crippen LogP contribution in [0.15, 0.2) is 18.2 Å². The van der Waals surface area contributed by atoms with Gasteiger partial charge in [0.25, 0.3) is 0 Å². The van der Waals surface area contributed by atoms with Crippen LogP contribution in [-0.4, -0.2) is 16.3 Å². The van der Waals surface area contributed by atoms with Gasteiger partial charge in [-0.3, -0.25) is 0 Å². The number of phenolic OH excluding ortho intramolecular Hbond substituents is 2. The Balaban J connectivity index is 1.96. The highest BCUT2D eigenvalue weighted by molar-refractivity contribution is 5.37. The number of hydrogen-bond acceptors (Lipinski definition) is 3. The monoisotopic (exact) mass is 249 g/mol. The van der Waals surface area contributed by atoms with E-state index in [1.54, 1.807) is 12.1 Å². The van der Waals surface area contributed by atoms with Gasteiger partial charge in [0.05, 0.1) is 0 Å². The minimum atomic E-state index is 0.121. The second kappa shape index (κ2) is 5.61. The van der Waals surface area contributed by atoms with Crippen LogP contribution in [-0.2, 0) is 0 Å². The highest BCUT2D eigenvalue weighted by atomic mass is 16.3. The summed E-state index contributed by atoms with van der Waals surface area (Å²) in [4.78, 5) is 0. The lowest BCUT2D eigenvalue weighted by Gasteiger charge is -2.29. The van der Waals surface area contributed by atoms with Gasteiger partial charge < -0.3 is 15.5 Å². The normalized spacial score (nSPS) is 25.9. The van der Waals surface area contributed by atoms with Gasteiger partial charge in [0, 0.05) is 18.2 Å². The van der Waals surface area contributed by atoms with Crippen LogP contribution in [0.1, 0.15) is 51.1 Å². The first kappa shape index (κ1) is 13.2. The summed E-state index contributed by atoms with van der Waals surface area (Å²) in [6.45, 7) is 4.39. The number of nitrogens with one attached hydrogen (secondary N) is 1. The second-order valence-corrected chi connectivity index (χ2v) is 5.63. The van der Waals surface area contributed by atoms with Gasteiger partial charge in [-0.25, -0.2) is 0 Å². The highest BCUT2D eigenvalue weighted by Crippen LogP contribution is 2.28. The van der Waals surface area contributed by atoms with Crippen molar-refractivity contribution in [1.29, 1.82) is 0 Å². The van der Waals surface area contributed by atoms with E-state index in [0.29, 0.717) is 6.04 Å². The summed E-state index contributed by atoms with van der Waals surface area (Å²) in [6, 6.07) is 5.49. The molecule has 1 saturated carbocycles. The summed E-state index contributed by atoms with van der Waals surface area (Å²) >= 11 is 0. The van der Waals surface area contributed by atoms with Crippen LogP contribution in [0.4, 0.5) is 0 Å². The number of benzene rings is 1. The van der Waals surface area contributed by atoms with E-state index in [-0.39, 0.29) is 17.5 Å². The number of rotatable bonds is 3. The standard InChI is InChI=1S/C15H23NO2/c1-10-3-5-13(6-4-10)16-11(2)12-7-14(17)9-15(18)8-12/h7-11,13,16-18H,3-6H2,1-2H3. The van der Waals surface area contributed by atoms with E-state index >= 15 is 0 Å². The first-order valence-electron chi connectivity index (χ1n) is 6.83. The van der Waals surface area contributed by atoms with Crippen LogP contribution in [0.25, 0.3) is 0 Å². The Morgan fingerprint density at radius 2 is 1.61 bits per heavy atom. The maximum Gasteiger partial charge on any atom is 0.119 e. The van der Waals surface area contributed by atoms with Crippen LogP contribution in [0.2, 0.25) is 0 Å². The van der Waals surface area contributed by atoms with Crippen molar-refractivity contribution in [3.8, 4) is 11.5 Å². The molecule has 0 radical (unpaired) electrons. The average Bonchev–Trinajstić information content (AvgIpc) is 2.31. The molecule has 0 aliphatic heterocycles. The third-order valence-corrected chi connectivity index (χ3v) is 3.93. The Bertz CT molecular complexity index is 377. The van der Waals surface area contributed by atoms with E-state index in [4.69, 9.17) is 0 Å². The molecule has 1 aliphatic rings. The van der Waals surface area contributed by atoms with Crippen LogP contribution < -0.4 is 5.32 Å². The molecule has 0 amide bonds. The van der Waals surface area contributed by atoms with Crippen molar-refractivity contribution in [1.82, 2.24) is 5.32 Å². The molecule has 1 atom stereocenters. The minimum Gasteiger partial charge on any atom is -0.508 e. The molecular formula is C15H23NO2. The Hall–Kier alpha value is -1.22. The molecule has 3 heteroatoms. The van der Waals surface area contributed by atoms with Gasteiger partial charge >= 0.3 is 0 Å². The zero-order valence-corrected chi connectivity index (χ0v) is 11.2. The average molecular weight is 249 g/mol. The second-order valence-electron chi connectivity index (χ2n) is 5.63. The summed E-state index contributed by atoms with van der Waals surface area (Å²) < 4.78 is 0. The summed E-state index contributed by atoms with van der Waals surface area (Å²) in [5, 5.41) is 22.6. The summed E-state index contributed by atoms with van der Waals surface area (Å²) in [6.07, 6.45) is 5.01. The molecule has 1 aromatic carbocycles. The van der Waals surface area contributed by atoms with E-state index in [0.717, 1.165) is 11.5 Å². The Labute approximate surface area is 109 Å². The van der Waals surface area contributed by atoms with E-state index < -0.39 is 0 Å². The van der Waals surface area contributed by atoms with Crippen molar-refractivity contribution < 1.29 is 10.2 Å². The molecule has 0 saturated heterocycles. The molecule has 1 aromatic rings. The minimum absolute atomic E-state index is 0.121. The van der Waals surface area contributed by atoms with E-state index in [1.165, 1.54) is 31.7 Å². The fourth-order valence-electron chi connectivity index (χ4n) is 2.74. The number of phenols is 2. The molecule has 1 fully saturated rings. The van der Waals surface area contributed by atoms with Crippen molar-refractivity contribution in [2.45, 2.75) is 51.6 Å². The molecule has 18 heavy (non-hydrogen) atoms. The molecule has 3 N–H and O–H groups in total. The first-order chi connectivity index (χ1) is 8.54. The lowest BCUT2D eigenvalue weighted by molar-refractivity contribution is 0.291. The quantitative estimate of drug-likeness (QED) is 0.770. The van der Waals surface area contributed by atoms with E-state index in [9.17, 15) is 10.2 Å². The molecule has 0 spiro atoms. The van der Waals surface area contributed by atoms with Crippen molar-refractivity contribution in [2.75, 3.05) is 0 Å². The van der Waals surface area contributed by atoms with Gasteiger partial charge in [-0.2, -0.15) is 0 Å². The molecule has 3 nitrogen and oxygen atoms in total. The largest absolute Gasteiger partial charge is 0.508 e. The first-order valence-corrected chi connectivity index (χ1v) is 6.83. The van der Waals surface area contributed by atoms with Crippen molar-refractivity contribution >= 4 is 0 Å². The topological polar surface area (TPSA) is 52.5 Å². The number of hydrogen-bond donors (Lipinski definition) is 3. The fourth-order valence-corrected chi connectivity index (χ4v) is 2.74. The van der Waals surface area contributed by atoms with Gasteiger partial charge in [0.1, 0.15) is 11.5 Å². The van der Waals surface area contributed by atoms with Crippen molar-refractivity contribution in [3.05, 3.63) is 23.8 Å². The maximum atomic E-state index is 9.50.